The first-order chi connectivity index (χ1) is 13.2. The molecule has 1 amide bonds. The van der Waals surface area contributed by atoms with Crippen molar-refractivity contribution in [2.45, 2.75) is 38.5 Å². The molecule has 1 aliphatic rings. The van der Waals surface area contributed by atoms with Crippen LogP contribution in [0, 0.1) is 0 Å². The van der Waals surface area contributed by atoms with Crippen molar-refractivity contribution < 1.29 is 9.32 Å². The van der Waals surface area contributed by atoms with Gasteiger partial charge in [0.25, 0.3) is 5.91 Å². The molecular weight excluding hydrogens is 344 g/mol. The molecule has 0 aliphatic heterocycles. The molecule has 0 saturated heterocycles. The Hall–Kier alpha value is -3.03. The molecule has 0 unspecified atom stereocenters. The van der Waals surface area contributed by atoms with Crippen LogP contribution < -0.4 is 4.90 Å². The maximum atomic E-state index is 13.0. The second-order valence-electron chi connectivity index (χ2n) is 6.72. The third-order valence-electron chi connectivity index (χ3n) is 5.07. The predicted molar refractivity (Wildman–Crippen MR) is 99.3 cm³/mol. The van der Waals surface area contributed by atoms with E-state index in [0.29, 0.717) is 35.7 Å². The summed E-state index contributed by atoms with van der Waals surface area (Å²) in [6, 6.07) is 3.67. The van der Waals surface area contributed by atoms with Gasteiger partial charge in [-0.2, -0.15) is 4.98 Å². The number of nitrogens with zero attached hydrogens (tertiary/aromatic N) is 6. The van der Waals surface area contributed by atoms with Gasteiger partial charge in [0.2, 0.25) is 11.7 Å². The van der Waals surface area contributed by atoms with Gasteiger partial charge >= 0.3 is 0 Å². The van der Waals surface area contributed by atoms with E-state index in [4.69, 9.17) is 4.52 Å². The Kier molecular flexibility index (Phi) is 4.70. The average Bonchev–Trinajstić information content (AvgIpc) is 3.43. The number of imidazole rings is 1. The Morgan fingerprint density at radius 2 is 2.15 bits per heavy atom. The number of amides is 1. The fourth-order valence-corrected chi connectivity index (χ4v) is 3.58. The molecule has 0 radical (unpaired) electrons. The molecule has 0 bridgehead atoms. The minimum atomic E-state index is -0.147. The third kappa shape index (κ3) is 3.22. The SMILES string of the molecule is CCN(C(=O)c1cnc(-c2noc(C3CCCC3)n2)n1C)c1cccnc1. The number of carbonyl (C=O) groups excluding carboxylic acids is 1. The monoisotopic (exact) mass is 366 g/mol. The molecule has 1 aliphatic carbocycles. The maximum absolute atomic E-state index is 13.0. The molecule has 0 atom stereocenters. The molecule has 0 aromatic carbocycles. The van der Waals surface area contributed by atoms with Gasteiger partial charge in [-0.15, -0.1) is 0 Å². The zero-order valence-corrected chi connectivity index (χ0v) is 15.5. The van der Waals surface area contributed by atoms with Crippen LogP contribution in [-0.4, -0.2) is 37.1 Å². The van der Waals surface area contributed by atoms with Gasteiger partial charge in [0, 0.05) is 25.7 Å². The summed E-state index contributed by atoms with van der Waals surface area (Å²) >= 11 is 0. The summed E-state index contributed by atoms with van der Waals surface area (Å²) in [4.78, 5) is 27.7. The van der Waals surface area contributed by atoms with E-state index in [-0.39, 0.29) is 5.91 Å². The molecule has 140 valence electrons. The van der Waals surface area contributed by atoms with Gasteiger partial charge in [0.1, 0.15) is 5.69 Å². The number of rotatable bonds is 5. The molecule has 1 saturated carbocycles. The molecule has 3 heterocycles. The summed E-state index contributed by atoms with van der Waals surface area (Å²) in [5.41, 5.74) is 1.21. The van der Waals surface area contributed by atoms with Crippen LogP contribution in [0.4, 0.5) is 5.69 Å². The molecule has 0 spiro atoms. The van der Waals surface area contributed by atoms with Gasteiger partial charge in [0.05, 0.1) is 18.1 Å². The molecule has 8 nitrogen and oxygen atoms in total. The van der Waals surface area contributed by atoms with Crippen LogP contribution in [0.5, 0.6) is 0 Å². The van der Waals surface area contributed by atoms with E-state index < -0.39 is 0 Å². The standard InChI is InChI=1S/C19H22N6O2/c1-3-25(14-9-6-10-20-11-14)19(26)15-12-21-17(24(15)2)16-22-18(27-23-16)13-7-4-5-8-13/h6,9-13H,3-5,7-8H2,1-2H3. The minimum Gasteiger partial charge on any atom is -0.339 e. The van der Waals surface area contributed by atoms with Crippen molar-refractivity contribution in [2.24, 2.45) is 7.05 Å². The van der Waals surface area contributed by atoms with E-state index >= 15 is 0 Å². The van der Waals surface area contributed by atoms with Crippen molar-refractivity contribution in [1.29, 1.82) is 0 Å². The van der Waals surface area contributed by atoms with Crippen LogP contribution in [-0.2, 0) is 7.05 Å². The van der Waals surface area contributed by atoms with E-state index in [9.17, 15) is 4.79 Å². The fraction of sp³-hybridized carbons (Fsp3) is 0.421. The molecule has 27 heavy (non-hydrogen) atoms. The summed E-state index contributed by atoms with van der Waals surface area (Å²) in [7, 11) is 1.79. The summed E-state index contributed by atoms with van der Waals surface area (Å²) in [6.07, 6.45) is 9.48. The lowest BCUT2D eigenvalue weighted by molar-refractivity contribution is 0.0980. The van der Waals surface area contributed by atoms with Crippen LogP contribution in [0.15, 0.2) is 35.2 Å². The van der Waals surface area contributed by atoms with Crippen molar-refractivity contribution in [3.05, 3.63) is 42.3 Å². The normalized spacial score (nSPS) is 14.6. The van der Waals surface area contributed by atoms with Crippen molar-refractivity contribution in [2.75, 3.05) is 11.4 Å². The summed E-state index contributed by atoms with van der Waals surface area (Å²) in [5, 5.41) is 4.08. The first-order valence-electron chi connectivity index (χ1n) is 9.26. The molecule has 3 aromatic heterocycles. The number of pyridine rings is 1. The van der Waals surface area contributed by atoms with E-state index in [1.54, 1.807) is 35.1 Å². The molecule has 3 aromatic rings. The van der Waals surface area contributed by atoms with Gasteiger partial charge in [-0.25, -0.2) is 4.98 Å². The lowest BCUT2D eigenvalue weighted by atomic mass is 10.1. The number of hydrogen-bond acceptors (Lipinski definition) is 6. The lowest BCUT2D eigenvalue weighted by Gasteiger charge is -2.20. The van der Waals surface area contributed by atoms with Crippen LogP contribution >= 0.6 is 0 Å². The number of hydrogen-bond donors (Lipinski definition) is 0. The molecule has 0 N–H and O–H groups in total. The third-order valence-corrected chi connectivity index (χ3v) is 5.07. The molecule has 1 fully saturated rings. The largest absolute Gasteiger partial charge is 0.339 e. The van der Waals surface area contributed by atoms with E-state index in [0.717, 1.165) is 18.5 Å². The van der Waals surface area contributed by atoms with Crippen molar-refractivity contribution >= 4 is 11.6 Å². The van der Waals surface area contributed by atoms with Crippen LogP contribution in [0.25, 0.3) is 11.6 Å². The minimum absolute atomic E-state index is 0.147. The predicted octanol–water partition coefficient (Wildman–Crippen LogP) is 3.19. The Bertz CT molecular complexity index is 927. The second kappa shape index (κ2) is 7.30. The van der Waals surface area contributed by atoms with Crippen molar-refractivity contribution in [3.63, 3.8) is 0 Å². The van der Waals surface area contributed by atoms with E-state index in [2.05, 4.69) is 20.1 Å². The Balaban J connectivity index is 1.61. The van der Waals surface area contributed by atoms with Gasteiger partial charge in [0.15, 0.2) is 5.82 Å². The summed E-state index contributed by atoms with van der Waals surface area (Å²) < 4.78 is 7.16. The Morgan fingerprint density at radius 3 is 2.85 bits per heavy atom. The highest BCUT2D eigenvalue weighted by molar-refractivity contribution is 6.05. The maximum Gasteiger partial charge on any atom is 0.276 e. The first kappa shape index (κ1) is 17.4. The van der Waals surface area contributed by atoms with Gasteiger partial charge in [-0.05, 0) is 31.9 Å². The topological polar surface area (TPSA) is 89.9 Å². The van der Waals surface area contributed by atoms with Gasteiger partial charge in [-0.1, -0.05) is 18.0 Å². The zero-order valence-electron chi connectivity index (χ0n) is 15.5. The van der Waals surface area contributed by atoms with Crippen molar-refractivity contribution in [1.82, 2.24) is 24.7 Å². The smallest absolute Gasteiger partial charge is 0.276 e. The highest BCUT2D eigenvalue weighted by Gasteiger charge is 2.26. The van der Waals surface area contributed by atoms with E-state index in [1.165, 1.54) is 12.8 Å². The molecular formula is C19H22N6O2. The fourth-order valence-electron chi connectivity index (χ4n) is 3.58. The average molecular weight is 366 g/mol. The Morgan fingerprint density at radius 1 is 1.33 bits per heavy atom. The lowest BCUT2D eigenvalue weighted by Crippen LogP contribution is -2.32. The van der Waals surface area contributed by atoms with Crippen LogP contribution in [0.1, 0.15) is 54.9 Å². The summed E-state index contributed by atoms with van der Waals surface area (Å²) in [5.74, 6) is 1.81. The molecule has 8 heteroatoms. The van der Waals surface area contributed by atoms with E-state index in [1.807, 2.05) is 19.1 Å². The number of anilines is 1. The first-order valence-corrected chi connectivity index (χ1v) is 9.26. The zero-order chi connectivity index (χ0) is 18.8. The highest BCUT2D eigenvalue weighted by Crippen LogP contribution is 2.33. The second-order valence-corrected chi connectivity index (χ2v) is 6.72. The molecule has 4 rings (SSSR count). The van der Waals surface area contributed by atoms with Crippen molar-refractivity contribution in [3.8, 4) is 11.6 Å². The van der Waals surface area contributed by atoms with Crippen LogP contribution in [0.3, 0.4) is 0 Å². The summed E-state index contributed by atoms with van der Waals surface area (Å²) in [6.45, 7) is 2.45. The Labute approximate surface area is 157 Å². The number of carbonyl (C=O) groups is 1. The number of aromatic nitrogens is 5. The highest BCUT2D eigenvalue weighted by atomic mass is 16.5. The van der Waals surface area contributed by atoms with Gasteiger partial charge in [-0.3, -0.25) is 9.78 Å². The quantitative estimate of drug-likeness (QED) is 0.689. The van der Waals surface area contributed by atoms with Crippen LogP contribution in [0.2, 0.25) is 0 Å². The van der Waals surface area contributed by atoms with Gasteiger partial charge < -0.3 is 14.0 Å².